The highest BCUT2D eigenvalue weighted by atomic mass is 16.5. The third-order valence-electron chi connectivity index (χ3n) is 6.49. The van der Waals surface area contributed by atoms with Gasteiger partial charge < -0.3 is 15.2 Å². The number of aliphatic hydroxyl groups is 1. The summed E-state index contributed by atoms with van der Waals surface area (Å²) in [5.74, 6) is 2.41. The van der Waals surface area contributed by atoms with Gasteiger partial charge in [0.2, 0.25) is 0 Å². The zero-order chi connectivity index (χ0) is 15.6. The fourth-order valence-electron chi connectivity index (χ4n) is 5.80. The summed E-state index contributed by atoms with van der Waals surface area (Å²) in [6.07, 6.45) is 5.28. The number of ether oxygens (including phenoxy) is 1. The first kappa shape index (κ1) is 13.8. The van der Waals surface area contributed by atoms with E-state index in [9.17, 15) is 9.90 Å². The van der Waals surface area contributed by atoms with Crippen molar-refractivity contribution >= 4 is 5.91 Å². The molecular weight excluding hydrogens is 290 g/mol. The molecule has 2 unspecified atom stereocenters. The van der Waals surface area contributed by atoms with Gasteiger partial charge in [0.15, 0.2) is 6.10 Å². The van der Waals surface area contributed by atoms with E-state index >= 15 is 0 Å². The van der Waals surface area contributed by atoms with Crippen molar-refractivity contribution in [3.8, 4) is 5.75 Å². The first-order chi connectivity index (χ1) is 11.1. The molecule has 6 atom stereocenters. The van der Waals surface area contributed by atoms with Gasteiger partial charge in [-0.3, -0.25) is 4.79 Å². The van der Waals surface area contributed by atoms with Crippen molar-refractivity contribution < 1.29 is 14.6 Å². The Morgan fingerprint density at radius 2 is 1.91 bits per heavy atom. The average molecular weight is 313 g/mol. The van der Waals surface area contributed by atoms with Crippen LogP contribution in [-0.4, -0.2) is 28.8 Å². The van der Waals surface area contributed by atoms with E-state index in [-0.39, 0.29) is 11.9 Å². The van der Waals surface area contributed by atoms with Gasteiger partial charge in [0.05, 0.1) is 5.60 Å². The number of hydrogen-bond donors (Lipinski definition) is 2. The summed E-state index contributed by atoms with van der Waals surface area (Å²) < 4.78 is 5.82. The number of nitrogens with one attached hydrogen (secondary N) is 1. The Bertz CT molecular complexity index is 617. The van der Waals surface area contributed by atoms with Crippen molar-refractivity contribution in [2.45, 2.75) is 56.3 Å². The molecule has 4 aliphatic carbocycles. The predicted molar refractivity (Wildman–Crippen MR) is 85.0 cm³/mol. The quantitative estimate of drug-likeness (QED) is 0.878. The minimum absolute atomic E-state index is 0.0191. The molecule has 4 heteroatoms. The Morgan fingerprint density at radius 3 is 2.61 bits per heavy atom. The molecule has 1 heterocycles. The summed E-state index contributed by atoms with van der Waals surface area (Å²) in [5.41, 5.74) is 0.671. The van der Waals surface area contributed by atoms with E-state index < -0.39 is 11.7 Å². The van der Waals surface area contributed by atoms with Crippen LogP contribution in [0.3, 0.4) is 0 Å². The number of rotatable bonds is 2. The maximum Gasteiger partial charge on any atom is 0.261 e. The Balaban J connectivity index is 1.29. The highest BCUT2D eigenvalue weighted by molar-refractivity contribution is 5.82. The second-order valence-electron chi connectivity index (χ2n) is 8.15. The van der Waals surface area contributed by atoms with E-state index in [4.69, 9.17) is 4.74 Å². The van der Waals surface area contributed by atoms with Gasteiger partial charge >= 0.3 is 0 Å². The van der Waals surface area contributed by atoms with Crippen LogP contribution < -0.4 is 10.1 Å². The summed E-state index contributed by atoms with van der Waals surface area (Å²) in [6.45, 7) is 0. The smallest absolute Gasteiger partial charge is 0.261 e. The zero-order valence-electron chi connectivity index (χ0n) is 13.2. The van der Waals surface area contributed by atoms with Crippen molar-refractivity contribution in [1.29, 1.82) is 0 Å². The average Bonchev–Trinajstić information content (AvgIpc) is 2.93. The Labute approximate surface area is 136 Å². The predicted octanol–water partition coefficient (Wildman–Crippen LogP) is 2.05. The van der Waals surface area contributed by atoms with Gasteiger partial charge in [0.25, 0.3) is 5.91 Å². The molecule has 4 bridgehead atoms. The summed E-state index contributed by atoms with van der Waals surface area (Å²) in [4.78, 5) is 12.7. The summed E-state index contributed by atoms with van der Waals surface area (Å²) in [6, 6.07) is 8.12. The van der Waals surface area contributed by atoms with Gasteiger partial charge in [0.1, 0.15) is 5.75 Å². The molecule has 1 aromatic carbocycles. The van der Waals surface area contributed by atoms with Crippen molar-refractivity contribution in [3.63, 3.8) is 0 Å². The number of para-hydroxylation sites is 1. The van der Waals surface area contributed by atoms with Crippen LogP contribution in [0.2, 0.25) is 0 Å². The molecule has 1 aromatic rings. The largest absolute Gasteiger partial charge is 0.480 e. The molecule has 1 aliphatic heterocycles. The lowest BCUT2D eigenvalue weighted by Crippen LogP contribution is -2.62. The second-order valence-corrected chi connectivity index (χ2v) is 8.15. The van der Waals surface area contributed by atoms with Crippen LogP contribution in [0.4, 0.5) is 0 Å². The van der Waals surface area contributed by atoms with Crippen LogP contribution in [0.1, 0.15) is 37.7 Å². The lowest BCUT2D eigenvalue weighted by molar-refractivity contribution is -0.149. The Morgan fingerprint density at radius 1 is 1.17 bits per heavy atom. The van der Waals surface area contributed by atoms with E-state index in [0.717, 1.165) is 43.4 Å². The molecule has 0 saturated heterocycles. The van der Waals surface area contributed by atoms with Crippen LogP contribution in [0.5, 0.6) is 5.75 Å². The Kier molecular flexibility index (Phi) is 2.85. The first-order valence-corrected chi connectivity index (χ1v) is 8.87. The fourth-order valence-corrected chi connectivity index (χ4v) is 5.80. The molecule has 2 N–H and O–H groups in total. The van der Waals surface area contributed by atoms with Crippen LogP contribution in [0.25, 0.3) is 0 Å². The molecule has 6 rings (SSSR count). The van der Waals surface area contributed by atoms with Crippen molar-refractivity contribution in [2.75, 3.05) is 0 Å². The Hall–Kier alpha value is -1.55. The molecule has 5 aliphatic rings. The van der Waals surface area contributed by atoms with E-state index in [1.165, 1.54) is 0 Å². The minimum Gasteiger partial charge on any atom is -0.480 e. The number of hydrogen-bond acceptors (Lipinski definition) is 3. The summed E-state index contributed by atoms with van der Waals surface area (Å²) in [7, 11) is 0. The summed E-state index contributed by atoms with van der Waals surface area (Å²) >= 11 is 0. The van der Waals surface area contributed by atoms with Gasteiger partial charge in [-0.1, -0.05) is 18.2 Å². The van der Waals surface area contributed by atoms with Crippen LogP contribution >= 0.6 is 0 Å². The van der Waals surface area contributed by atoms with Gasteiger partial charge in [0, 0.05) is 12.5 Å². The third-order valence-corrected chi connectivity index (χ3v) is 6.49. The van der Waals surface area contributed by atoms with E-state index in [1.807, 2.05) is 24.3 Å². The van der Waals surface area contributed by atoms with Crippen molar-refractivity contribution in [2.24, 2.45) is 17.8 Å². The molecule has 0 radical (unpaired) electrons. The molecular formula is C19H23NO3. The molecule has 1 amide bonds. The third kappa shape index (κ3) is 2.18. The molecule has 122 valence electrons. The number of amides is 1. The van der Waals surface area contributed by atoms with Gasteiger partial charge in [-0.05, 0) is 61.5 Å². The SMILES string of the molecule is O=C(N[C@H]1[C@@H]2CC3C[C@H]1C[C@](O)(C3)C2)C1Cc2ccccc2O1. The molecule has 4 nitrogen and oxygen atoms in total. The molecule has 4 fully saturated rings. The maximum absolute atomic E-state index is 12.7. The van der Waals surface area contributed by atoms with E-state index in [2.05, 4.69) is 5.32 Å². The summed E-state index contributed by atoms with van der Waals surface area (Å²) in [5, 5.41) is 13.9. The monoisotopic (exact) mass is 313 g/mol. The van der Waals surface area contributed by atoms with Gasteiger partial charge in [-0.2, -0.15) is 0 Å². The highest BCUT2D eigenvalue weighted by Crippen LogP contribution is 2.55. The van der Waals surface area contributed by atoms with Crippen molar-refractivity contribution in [1.82, 2.24) is 5.32 Å². The standard InChI is InChI=1S/C19H23NO3/c21-18(16-7-12-3-1-2-4-15(12)23-16)20-17-13-5-11-6-14(17)10-19(22,8-11)9-13/h1-4,11,13-14,16-17,22H,5-10H2,(H,20,21)/t11?,13-,14+,16?,17+,19+. The first-order valence-electron chi connectivity index (χ1n) is 8.87. The van der Waals surface area contributed by atoms with E-state index in [1.54, 1.807) is 0 Å². The number of carbonyl (C=O) groups excluding carboxylic acids is 1. The van der Waals surface area contributed by atoms with Gasteiger partial charge in [-0.25, -0.2) is 0 Å². The minimum atomic E-state index is -0.447. The van der Waals surface area contributed by atoms with Gasteiger partial charge in [-0.15, -0.1) is 0 Å². The highest BCUT2D eigenvalue weighted by Gasteiger charge is 2.55. The second kappa shape index (κ2) is 4.73. The normalized spacial score (nSPS) is 43.1. The van der Waals surface area contributed by atoms with E-state index in [0.29, 0.717) is 24.2 Å². The maximum atomic E-state index is 12.7. The number of benzene rings is 1. The number of fused-ring (bicyclic) bond motifs is 1. The zero-order valence-corrected chi connectivity index (χ0v) is 13.2. The number of carbonyl (C=O) groups is 1. The molecule has 23 heavy (non-hydrogen) atoms. The van der Waals surface area contributed by atoms with Crippen LogP contribution in [-0.2, 0) is 11.2 Å². The fraction of sp³-hybridized carbons (Fsp3) is 0.632. The molecule has 0 aromatic heterocycles. The van der Waals surface area contributed by atoms with Crippen LogP contribution in [0.15, 0.2) is 24.3 Å². The van der Waals surface area contributed by atoms with Crippen LogP contribution in [0, 0.1) is 17.8 Å². The topological polar surface area (TPSA) is 58.6 Å². The molecule has 0 spiro atoms. The van der Waals surface area contributed by atoms with Crippen molar-refractivity contribution in [3.05, 3.63) is 29.8 Å². The lowest BCUT2D eigenvalue weighted by Gasteiger charge is -2.58. The lowest BCUT2D eigenvalue weighted by atomic mass is 9.52. The molecule has 4 saturated carbocycles.